The Labute approximate surface area is 156 Å². The highest BCUT2D eigenvalue weighted by molar-refractivity contribution is 6.04. The Balaban J connectivity index is 1.70. The van der Waals surface area contributed by atoms with Crippen molar-refractivity contribution in [1.82, 2.24) is 4.90 Å². The molecule has 0 N–H and O–H groups in total. The standard InChI is InChI=1S/C21H18N2O4/c1-13-8-15-11-22-17-10-19(27-21(25)14-6-4-3-5-7-14)18(26-2)9-16(17)20(24)23(15)12-13/h3-7,9-11,15H,1,8,12H2,2H3/t15-/m0/s1. The first kappa shape index (κ1) is 17.0. The lowest BCUT2D eigenvalue weighted by Crippen LogP contribution is -2.35. The number of amides is 1. The van der Waals surface area contributed by atoms with E-state index in [0.29, 0.717) is 35.5 Å². The summed E-state index contributed by atoms with van der Waals surface area (Å²) in [5.41, 5.74) is 2.30. The van der Waals surface area contributed by atoms with Crippen molar-refractivity contribution >= 4 is 23.8 Å². The van der Waals surface area contributed by atoms with Crippen LogP contribution in [-0.2, 0) is 0 Å². The van der Waals surface area contributed by atoms with Crippen LogP contribution in [0.5, 0.6) is 11.5 Å². The fourth-order valence-corrected chi connectivity index (χ4v) is 3.30. The number of nitrogens with zero attached hydrogens (tertiary/aromatic N) is 2. The molecular formula is C21H18N2O4. The minimum atomic E-state index is -0.505. The fourth-order valence-electron chi connectivity index (χ4n) is 3.30. The van der Waals surface area contributed by atoms with Crippen molar-refractivity contribution in [3.63, 3.8) is 0 Å². The molecule has 6 heteroatoms. The number of aliphatic imine (C=N–C) groups is 1. The highest BCUT2D eigenvalue weighted by Crippen LogP contribution is 2.38. The van der Waals surface area contributed by atoms with Gasteiger partial charge in [0, 0.05) is 18.8 Å². The molecule has 1 fully saturated rings. The summed E-state index contributed by atoms with van der Waals surface area (Å²) in [6, 6.07) is 11.7. The summed E-state index contributed by atoms with van der Waals surface area (Å²) in [6.07, 6.45) is 2.45. The van der Waals surface area contributed by atoms with Crippen LogP contribution in [0.3, 0.4) is 0 Å². The fraction of sp³-hybridized carbons (Fsp3) is 0.190. The highest BCUT2D eigenvalue weighted by Gasteiger charge is 2.34. The summed E-state index contributed by atoms with van der Waals surface area (Å²) < 4.78 is 10.9. The van der Waals surface area contributed by atoms with Crippen LogP contribution in [0.4, 0.5) is 5.69 Å². The van der Waals surface area contributed by atoms with Crippen LogP contribution in [0, 0.1) is 0 Å². The monoisotopic (exact) mass is 362 g/mol. The zero-order chi connectivity index (χ0) is 19.0. The van der Waals surface area contributed by atoms with E-state index in [-0.39, 0.29) is 17.7 Å². The molecule has 0 spiro atoms. The Hall–Kier alpha value is -3.41. The van der Waals surface area contributed by atoms with Crippen molar-refractivity contribution in [2.45, 2.75) is 12.5 Å². The van der Waals surface area contributed by atoms with E-state index in [2.05, 4.69) is 11.6 Å². The van der Waals surface area contributed by atoms with Crippen molar-refractivity contribution in [3.05, 3.63) is 65.7 Å². The maximum atomic E-state index is 12.9. The summed E-state index contributed by atoms with van der Waals surface area (Å²) in [4.78, 5) is 31.5. The molecule has 0 unspecified atom stereocenters. The number of hydrogen-bond donors (Lipinski definition) is 0. The van der Waals surface area contributed by atoms with E-state index in [1.54, 1.807) is 47.5 Å². The van der Waals surface area contributed by atoms with Crippen molar-refractivity contribution in [2.24, 2.45) is 4.99 Å². The lowest BCUT2D eigenvalue weighted by Gasteiger charge is -2.20. The van der Waals surface area contributed by atoms with Crippen LogP contribution in [-0.4, -0.2) is 42.7 Å². The van der Waals surface area contributed by atoms with E-state index in [9.17, 15) is 9.59 Å². The van der Waals surface area contributed by atoms with Crippen LogP contribution in [0.25, 0.3) is 0 Å². The van der Waals surface area contributed by atoms with Gasteiger partial charge in [-0.25, -0.2) is 4.79 Å². The molecule has 136 valence electrons. The molecular weight excluding hydrogens is 344 g/mol. The molecule has 0 radical (unpaired) electrons. The average Bonchev–Trinajstić information content (AvgIpc) is 3.01. The van der Waals surface area contributed by atoms with Crippen LogP contribution >= 0.6 is 0 Å². The molecule has 4 rings (SSSR count). The normalized spacial score (nSPS) is 18.0. The molecule has 2 aliphatic rings. The van der Waals surface area contributed by atoms with Gasteiger partial charge in [0.05, 0.1) is 30.0 Å². The van der Waals surface area contributed by atoms with Gasteiger partial charge in [0.25, 0.3) is 5.91 Å². The van der Waals surface area contributed by atoms with Gasteiger partial charge in [-0.2, -0.15) is 0 Å². The smallest absolute Gasteiger partial charge is 0.343 e. The van der Waals surface area contributed by atoms with Gasteiger partial charge in [-0.05, 0) is 24.6 Å². The number of carbonyl (C=O) groups excluding carboxylic acids is 2. The molecule has 1 atom stereocenters. The number of fused-ring (bicyclic) bond motifs is 2. The van der Waals surface area contributed by atoms with Gasteiger partial charge >= 0.3 is 5.97 Å². The minimum absolute atomic E-state index is 0.0984. The van der Waals surface area contributed by atoms with Crippen LogP contribution in [0.15, 0.2) is 59.6 Å². The topological polar surface area (TPSA) is 68.2 Å². The Kier molecular flexibility index (Phi) is 4.24. The van der Waals surface area contributed by atoms with Crippen LogP contribution < -0.4 is 9.47 Å². The molecule has 27 heavy (non-hydrogen) atoms. The van der Waals surface area contributed by atoms with Gasteiger partial charge in [-0.15, -0.1) is 0 Å². The number of methoxy groups -OCH3 is 1. The highest BCUT2D eigenvalue weighted by atomic mass is 16.6. The number of benzene rings is 2. The maximum absolute atomic E-state index is 12.9. The zero-order valence-electron chi connectivity index (χ0n) is 14.8. The van der Waals surface area contributed by atoms with Gasteiger partial charge in [0.1, 0.15) is 0 Å². The third-order valence-electron chi connectivity index (χ3n) is 4.66. The van der Waals surface area contributed by atoms with Crippen molar-refractivity contribution < 1.29 is 19.1 Å². The number of rotatable bonds is 3. The molecule has 2 heterocycles. The number of esters is 1. The molecule has 1 amide bonds. The number of ether oxygens (including phenoxy) is 2. The largest absolute Gasteiger partial charge is 0.493 e. The zero-order valence-corrected chi connectivity index (χ0v) is 14.8. The lowest BCUT2D eigenvalue weighted by molar-refractivity contribution is 0.0729. The molecule has 0 aromatic heterocycles. The first-order valence-electron chi connectivity index (χ1n) is 8.58. The summed E-state index contributed by atoms with van der Waals surface area (Å²) >= 11 is 0. The second-order valence-corrected chi connectivity index (χ2v) is 6.51. The van der Waals surface area contributed by atoms with Crippen molar-refractivity contribution in [3.8, 4) is 11.5 Å². The van der Waals surface area contributed by atoms with Gasteiger partial charge in [-0.3, -0.25) is 9.79 Å². The molecule has 6 nitrogen and oxygen atoms in total. The van der Waals surface area contributed by atoms with Crippen molar-refractivity contribution in [1.29, 1.82) is 0 Å². The van der Waals surface area contributed by atoms with E-state index in [1.165, 1.54) is 7.11 Å². The first-order valence-corrected chi connectivity index (χ1v) is 8.58. The van der Waals surface area contributed by atoms with Crippen LogP contribution in [0.1, 0.15) is 27.1 Å². The summed E-state index contributed by atoms with van der Waals surface area (Å²) in [5.74, 6) is -0.111. The predicted molar refractivity (Wildman–Crippen MR) is 101 cm³/mol. The molecule has 0 aliphatic carbocycles. The Morgan fingerprint density at radius 1 is 1.22 bits per heavy atom. The minimum Gasteiger partial charge on any atom is -0.493 e. The van der Waals surface area contributed by atoms with E-state index in [1.807, 2.05) is 6.07 Å². The van der Waals surface area contributed by atoms with E-state index in [0.717, 1.165) is 5.57 Å². The summed E-state index contributed by atoms with van der Waals surface area (Å²) in [7, 11) is 1.46. The molecule has 2 aliphatic heterocycles. The van der Waals surface area contributed by atoms with E-state index < -0.39 is 5.97 Å². The maximum Gasteiger partial charge on any atom is 0.343 e. The third-order valence-corrected chi connectivity index (χ3v) is 4.66. The Morgan fingerprint density at radius 3 is 2.74 bits per heavy atom. The van der Waals surface area contributed by atoms with Gasteiger partial charge in [-0.1, -0.05) is 30.4 Å². The van der Waals surface area contributed by atoms with Crippen LogP contribution in [0.2, 0.25) is 0 Å². The van der Waals surface area contributed by atoms with Gasteiger partial charge in [0.15, 0.2) is 11.5 Å². The van der Waals surface area contributed by atoms with E-state index >= 15 is 0 Å². The quantitative estimate of drug-likeness (QED) is 0.477. The molecule has 1 saturated heterocycles. The SMILES string of the molecule is C=C1C[C@H]2C=Nc3cc(OC(=O)c4ccccc4)c(OC)cc3C(=O)N2C1. The van der Waals surface area contributed by atoms with Gasteiger partial charge in [0.2, 0.25) is 0 Å². The number of hydrogen-bond acceptors (Lipinski definition) is 5. The second kappa shape index (κ2) is 6.72. The first-order chi connectivity index (χ1) is 13.1. The molecule has 2 aromatic carbocycles. The summed E-state index contributed by atoms with van der Waals surface area (Å²) in [6.45, 7) is 4.49. The second-order valence-electron chi connectivity index (χ2n) is 6.51. The molecule has 2 aromatic rings. The average molecular weight is 362 g/mol. The van der Waals surface area contributed by atoms with Gasteiger partial charge < -0.3 is 14.4 Å². The lowest BCUT2D eigenvalue weighted by atomic mass is 10.1. The summed E-state index contributed by atoms with van der Waals surface area (Å²) in [5, 5.41) is 0. The number of carbonyl (C=O) groups is 2. The van der Waals surface area contributed by atoms with E-state index in [4.69, 9.17) is 9.47 Å². The Bertz CT molecular complexity index is 966. The Morgan fingerprint density at radius 2 is 2.00 bits per heavy atom. The molecule has 0 bridgehead atoms. The molecule has 0 saturated carbocycles. The predicted octanol–water partition coefficient (Wildman–Crippen LogP) is 3.40. The third kappa shape index (κ3) is 3.10. The van der Waals surface area contributed by atoms with Crippen molar-refractivity contribution in [2.75, 3.05) is 13.7 Å².